The molecule has 0 saturated carbocycles. The van der Waals surface area contributed by atoms with E-state index in [1.54, 1.807) is 12.1 Å². The fraction of sp³-hybridized carbons (Fsp3) is 0.312. The van der Waals surface area contributed by atoms with E-state index in [1.165, 1.54) is 0 Å². The molecule has 0 bridgehead atoms. The van der Waals surface area contributed by atoms with Crippen LogP contribution < -0.4 is 10.1 Å². The molecule has 1 aliphatic heterocycles. The molecule has 0 spiro atoms. The minimum Gasteiger partial charge on any atom is -0.426 e. The minimum atomic E-state index is -0.256. The van der Waals surface area contributed by atoms with Gasteiger partial charge in [-0.15, -0.1) is 0 Å². The van der Waals surface area contributed by atoms with Gasteiger partial charge >= 0.3 is 0 Å². The van der Waals surface area contributed by atoms with Crippen molar-refractivity contribution in [3.05, 3.63) is 48.2 Å². The first-order valence-electron chi connectivity index (χ1n) is 7.04. The van der Waals surface area contributed by atoms with Gasteiger partial charge in [-0.1, -0.05) is 18.2 Å². The molecule has 1 N–H and O–H groups in total. The molecule has 1 amide bonds. The lowest BCUT2D eigenvalue weighted by Crippen LogP contribution is -2.31. The molecule has 1 unspecified atom stereocenters. The van der Waals surface area contributed by atoms with Gasteiger partial charge in [-0.05, 0) is 31.0 Å². The summed E-state index contributed by atoms with van der Waals surface area (Å²) in [6.07, 6.45) is 2.15. The number of nitrogens with one attached hydrogen (secondary N) is 1. The Bertz CT molecular complexity index is 587. The first-order valence-corrected chi connectivity index (χ1v) is 7.04. The highest BCUT2D eigenvalue weighted by Gasteiger charge is 2.18. The van der Waals surface area contributed by atoms with Crippen molar-refractivity contribution >= 4 is 5.91 Å². The average Bonchev–Trinajstić information content (AvgIpc) is 3.17. The Morgan fingerprint density at radius 3 is 2.86 bits per heavy atom. The van der Waals surface area contributed by atoms with Crippen LogP contribution in [0, 0.1) is 0 Å². The summed E-state index contributed by atoms with van der Waals surface area (Å²) in [5, 5.41) is 2.80. The predicted molar refractivity (Wildman–Crippen MR) is 76.5 cm³/mol. The van der Waals surface area contributed by atoms with Crippen molar-refractivity contribution in [1.29, 1.82) is 0 Å². The summed E-state index contributed by atoms with van der Waals surface area (Å²) in [6.45, 7) is 1.28. The molecule has 110 valence electrons. The zero-order valence-corrected chi connectivity index (χ0v) is 11.6. The van der Waals surface area contributed by atoms with Gasteiger partial charge in [0.05, 0.1) is 6.10 Å². The Kier molecular flexibility index (Phi) is 4.21. The number of carbonyl (C=O) groups excluding carboxylic acids is 1. The molecule has 21 heavy (non-hydrogen) atoms. The Hall–Kier alpha value is -2.27. The van der Waals surface area contributed by atoms with E-state index in [9.17, 15) is 4.79 Å². The second kappa shape index (κ2) is 6.45. The van der Waals surface area contributed by atoms with Crippen LogP contribution in [0.2, 0.25) is 0 Å². The number of benzene rings is 1. The van der Waals surface area contributed by atoms with Gasteiger partial charge < -0.3 is 19.2 Å². The van der Waals surface area contributed by atoms with Crippen LogP contribution in [0.3, 0.4) is 0 Å². The fourth-order valence-electron chi connectivity index (χ4n) is 2.20. The van der Waals surface area contributed by atoms with E-state index in [0.717, 1.165) is 19.4 Å². The van der Waals surface area contributed by atoms with Gasteiger partial charge in [-0.3, -0.25) is 4.79 Å². The van der Waals surface area contributed by atoms with E-state index in [2.05, 4.69) is 5.32 Å². The summed E-state index contributed by atoms with van der Waals surface area (Å²) in [6, 6.07) is 12.5. The quantitative estimate of drug-likeness (QED) is 0.918. The van der Waals surface area contributed by atoms with Crippen LogP contribution in [0.15, 0.2) is 46.9 Å². The highest BCUT2D eigenvalue weighted by Crippen LogP contribution is 2.23. The maximum absolute atomic E-state index is 12.0. The molecule has 5 heteroatoms. The molecule has 5 nitrogen and oxygen atoms in total. The van der Waals surface area contributed by atoms with Crippen LogP contribution >= 0.6 is 0 Å². The van der Waals surface area contributed by atoms with Gasteiger partial charge in [0.2, 0.25) is 0 Å². The van der Waals surface area contributed by atoms with Crippen molar-refractivity contribution in [2.75, 3.05) is 13.2 Å². The van der Waals surface area contributed by atoms with Crippen LogP contribution in [0.5, 0.6) is 11.7 Å². The third-order valence-corrected chi connectivity index (χ3v) is 3.28. The minimum absolute atomic E-state index is 0.115. The van der Waals surface area contributed by atoms with Crippen molar-refractivity contribution in [1.82, 2.24) is 5.32 Å². The molecule has 1 aromatic carbocycles. The van der Waals surface area contributed by atoms with Gasteiger partial charge in [0.1, 0.15) is 5.75 Å². The fourth-order valence-corrected chi connectivity index (χ4v) is 2.20. The first-order chi connectivity index (χ1) is 10.3. The van der Waals surface area contributed by atoms with E-state index in [4.69, 9.17) is 13.9 Å². The zero-order chi connectivity index (χ0) is 14.5. The standard InChI is InChI=1S/C16H17NO4/c18-16(17-11-13-7-4-10-19-13)14-8-9-15(21-14)20-12-5-2-1-3-6-12/h1-3,5-6,8-9,13H,4,7,10-11H2,(H,17,18). The van der Waals surface area contributed by atoms with Gasteiger partial charge in [-0.2, -0.15) is 0 Å². The number of rotatable bonds is 5. The number of ether oxygens (including phenoxy) is 2. The second-order valence-corrected chi connectivity index (χ2v) is 4.88. The zero-order valence-electron chi connectivity index (χ0n) is 11.6. The van der Waals surface area contributed by atoms with E-state index in [0.29, 0.717) is 18.2 Å². The van der Waals surface area contributed by atoms with Crippen molar-refractivity contribution in [2.45, 2.75) is 18.9 Å². The molecule has 1 aliphatic rings. The van der Waals surface area contributed by atoms with Crippen LogP contribution in [0.4, 0.5) is 0 Å². The topological polar surface area (TPSA) is 60.7 Å². The van der Waals surface area contributed by atoms with Crippen LogP contribution in [0.25, 0.3) is 0 Å². The average molecular weight is 287 g/mol. The van der Waals surface area contributed by atoms with Gasteiger partial charge in [-0.25, -0.2) is 0 Å². The Morgan fingerprint density at radius 2 is 2.10 bits per heavy atom. The summed E-state index contributed by atoms with van der Waals surface area (Å²) in [5.41, 5.74) is 0. The Labute approximate surface area is 122 Å². The lowest BCUT2D eigenvalue weighted by molar-refractivity contribution is 0.0831. The summed E-state index contributed by atoms with van der Waals surface area (Å²) < 4.78 is 16.4. The maximum Gasteiger partial charge on any atom is 0.290 e. The third kappa shape index (κ3) is 3.64. The normalized spacial score (nSPS) is 17.6. The van der Waals surface area contributed by atoms with E-state index in [1.807, 2.05) is 30.3 Å². The molecular weight excluding hydrogens is 270 g/mol. The molecule has 0 aliphatic carbocycles. The van der Waals surface area contributed by atoms with Crippen molar-refractivity contribution in [3.8, 4) is 11.7 Å². The largest absolute Gasteiger partial charge is 0.426 e. The molecular formula is C16H17NO4. The molecule has 3 rings (SSSR count). The first kappa shape index (κ1) is 13.7. The van der Waals surface area contributed by atoms with Crippen molar-refractivity contribution in [2.24, 2.45) is 0 Å². The number of hydrogen-bond acceptors (Lipinski definition) is 4. The van der Waals surface area contributed by atoms with E-state index < -0.39 is 0 Å². The summed E-state index contributed by atoms with van der Waals surface area (Å²) >= 11 is 0. The van der Waals surface area contributed by atoms with Crippen molar-refractivity contribution < 1.29 is 18.7 Å². The number of amides is 1. The number of furan rings is 1. The highest BCUT2D eigenvalue weighted by atomic mass is 16.6. The van der Waals surface area contributed by atoms with E-state index >= 15 is 0 Å². The van der Waals surface area contributed by atoms with Crippen LogP contribution in [0.1, 0.15) is 23.4 Å². The molecule has 2 heterocycles. The molecule has 2 aromatic rings. The summed E-state index contributed by atoms with van der Waals surface area (Å²) in [5.74, 6) is 0.939. The van der Waals surface area contributed by atoms with Gasteiger partial charge in [0, 0.05) is 19.2 Å². The molecule has 1 aromatic heterocycles. The lowest BCUT2D eigenvalue weighted by Gasteiger charge is -2.09. The van der Waals surface area contributed by atoms with E-state index in [-0.39, 0.29) is 17.8 Å². The monoisotopic (exact) mass is 287 g/mol. The SMILES string of the molecule is O=C(NCC1CCCO1)c1ccc(Oc2ccccc2)o1. The second-order valence-electron chi connectivity index (χ2n) is 4.88. The van der Waals surface area contributed by atoms with Gasteiger partial charge in [0.25, 0.3) is 11.9 Å². The summed E-state index contributed by atoms with van der Waals surface area (Å²) in [4.78, 5) is 12.0. The van der Waals surface area contributed by atoms with Crippen molar-refractivity contribution in [3.63, 3.8) is 0 Å². The molecule has 1 atom stereocenters. The maximum atomic E-state index is 12.0. The summed E-state index contributed by atoms with van der Waals surface area (Å²) in [7, 11) is 0. The third-order valence-electron chi connectivity index (χ3n) is 3.28. The van der Waals surface area contributed by atoms with Crippen LogP contribution in [-0.2, 0) is 4.74 Å². The Balaban J connectivity index is 1.55. The molecule has 1 fully saturated rings. The number of para-hydroxylation sites is 1. The number of hydrogen-bond donors (Lipinski definition) is 1. The molecule has 0 radical (unpaired) electrons. The molecule has 1 saturated heterocycles. The number of carbonyl (C=O) groups is 1. The van der Waals surface area contributed by atoms with Crippen LogP contribution in [-0.4, -0.2) is 25.2 Å². The Morgan fingerprint density at radius 1 is 1.24 bits per heavy atom. The lowest BCUT2D eigenvalue weighted by atomic mass is 10.2. The highest BCUT2D eigenvalue weighted by molar-refractivity contribution is 5.91. The smallest absolute Gasteiger partial charge is 0.290 e. The van der Waals surface area contributed by atoms with Gasteiger partial charge in [0.15, 0.2) is 5.76 Å². The predicted octanol–water partition coefficient (Wildman–Crippen LogP) is 2.98.